The van der Waals surface area contributed by atoms with Crippen LogP contribution in [0.3, 0.4) is 0 Å². The van der Waals surface area contributed by atoms with Gasteiger partial charge in [-0.2, -0.15) is 0 Å². The Labute approximate surface area is 167 Å². The van der Waals surface area contributed by atoms with E-state index in [1.165, 1.54) is 32.0 Å². The van der Waals surface area contributed by atoms with E-state index in [4.69, 9.17) is 0 Å². The predicted octanol–water partition coefficient (Wildman–Crippen LogP) is 7.14. The maximum Gasteiger partial charge on any atom is 0.150 e. The van der Waals surface area contributed by atoms with Crippen LogP contribution in [0.1, 0.15) is 60.3 Å². The molecule has 0 amide bonds. The molecule has 27 heavy (non-hydrogen) atoms. The zero-order chi connectivity index (χ0) is 19.4. The molecule has 0 bridgehead atoms. The maximum atomic E-state index is 11.5. The zero-order valence-corrected chi connectivity index (χ0v) is 17.6. The summed E-state index contributed by atoms with van der Waals surface area (Å²) in [6.45, 7) is 8.70. The van der Waals surface area contributed by atoms with Crippen LogP contribution >= 0.6 is 11.3 Å². The second-order valence-corrected chi connectivity index (χ2v) is 7.94. The van der Waals surface area contributed by atoms with Crippen molar-refractivity contribution in [3.63, 3.8) is 0 Å². The van der Waals surface area contributed by atoms with Gasteiger partial charge in [0.05, 0.1) is 0 Å². The van der Waals surface area contributed by atoms with Crippen molar-refractivity contribution in [2.75, 3.05) is 0 Å². The van der Waals surface area contributed by atoms with Gasteiger partial charge in [0.15, 0.2) is 6.29 Å². The van der Waals surface area contributed by atoms with Gasteiger partial charge in [-0.05, 0) is 83.3 Å². The van der Waals surface area contributed by atoms with Gasteiger partial charge in [-0.15, -0.1) is 11.3 Å². The quantitative estimate of drug-likeness (QED) is 0.400. The van der Waals surface area contributed by atoms with Crippen LogP contribution in [0.2, 0.25) is 0 Å². The van der Waals surface area contributed by atoms with Gasteiger partial charge in [-0.1, -0.05) is 45.9 Å². The van der Waals surface area contributed by atoms with Crippen LogP contribution in [-0.4, -0.2) is 6.29 Å². The van der Waals surface area contributed by atoms with Crippen molar-refractivity contribution in [3.8, 4) is 20.9 Å². The topological polar surface area (TPSA) is 17.1 Å². The lowest BCUT2D eigenvalue weighted by Gasteiger charge is -2.12. The lowest BCUT2D eigenvalue weighted by molar-refractivity contribution is 0.112. The molecular formula is C25H28OS. The molecule has 2 aromatic carbocycles. The van der Waals surface area contributed by atoms with Crippen molar-refractivity contribution in [1.29, 1.82) is 0 Å². The summed E-state index contributed by atoms with van der Waals surface area (Å²) in [6, 6.07) is 15.6. The molecule has 0 radical (unpaired) electrons. The maximum absolute atomic E-state index is 11.5. The minimum absolute atomic E-state index is 0.880. The molecule has 1 aromatic heterocycles. The molecule has 2 heteroatoms. The SMILES string of the molecule is CCc1cc(-c2ccc(-c3c(CC)cccc3CC)s2)cc(CC)c1C=O. The first-order valence-corrected chi connectivity index (χ1v) is 10.8. The molecule has 0 N–H and O–H groups in total. The van der Waals surface area contributed by atoms with Gasteiger partial charge in [0, 0.05) is 15.3 Å². The normalized spacial score (nSPS) is 11.0. The Balaban J connectivity index is 2.11. The molecule has 0 fully saturated rings. The Hall–Kier alpha value is -2.19. The van der Waals surface area contributed by atoms with Crippen molar-refractivity contribution < 1.29 is 4.79 Å². The van der Waals surface area contributed by atoms with E-state index in [-0.39, 0.29) is 0 Å². The largest absolute Gasteiger partial charge is 0.298 e. The lowest BCUT2D eigenvalue weighted by Crippen LogP contribution is -1.98. The number of aryl methyl sites for hydroxylation is 4. The van der Waals surface area contributed by atoms with Crippen LogP contribution in [0.25, 0.3) is 20.9 Å². The molecule has 0 aliphatic rings. The lowest BCUT2D eigenvalue weighted by atomic mass is 9.94. The van der Waals surface area contributed by atoms with E-state index < -0.39 is 0 Å². The highest BCUT2D eigenvalue weighted by Crippen LogP contribution is 2.39. The molecule has 3 rings (SSSR count). The Kier molecular flexibility index (Phi) is 6.28. The number of aldehydes is 1. The first kappa shape index (κ1) is 19.6. The number of hydrogen-bond acceptors (Lipinski definition) is 2. The summed E-state index contributed by atoms with van der Waals surface area (Å²) in [5.41, 5.74) is 8.66. The Bertz CT molecular complexity index is 901. The molecule has 140 valence electrons. The van der Waals surface area contributed by atoms with E-state index in [1.54, 1.807) is 0 Å². The number of rotatable bonds is 7. The van der Waals surface area contributed by atoms with Crippen LogP contribution < -0.4 is 0 Å². The minimum atomic E-state index is 0.880. The molecule has 1 heterocycles. The molecule has 0 unspecified atom stereocenters. The van der Waals surface area contributed by atoms with Crippen molar-refractivity contribution in [3.05, 3.63) is 70.3 Å². The molecule has 0 aliphatic carbocycles. The van der Waals surface area contributed by atoms with Gasteiger partial charge >= 0.3 is 0 Å². The molecule has 0 aliphatic heterocycles. The number of hydrogen-bond donors (Lipinski definition) is 0. The van der Waals surface area contributed by atoms with Crippen molar-refractivity contribution in [2.45, 2.75) is 53.4 Å². The third kappa shape index (κ3) is 3.77. The fourth-order valence-electron chi connectivity index (χ4n) is 3.84. The summed E-state index contributed by atoms with van der Waals surface area (Å²) >= 11 is 1.86. The van der Waals surface area contributed by atoms with Crippen LogP contribution in [-0.2, 0) is 25.7 Å². The van der Waals surface area contributed by atoms with E-state index in [0.717, 1.165) is 48.7 Å². The van der Waals surface area contributed by atoms with Gasteiger partial charge in [0.25, 0.3) is 0 Å². The summed E-state index contributed by atoms with van der Waals surface area (Å²) in [5.74, 6) is 0. The highest BCUT2D eigenvalue weighted by Gasteiger charge is 2.14. The van der Waals surface area contributed by atoms with Gasteiger partial charge < -0.3 is 0 Å². The fourth-order valence-corrected chi connectivity index (χ4v) is 4.95. The Morgan fingerprint density at radius 3 is 1.74 bits per heavy atom. The standard InChI is InChI=1S/C25H28OS/c1-5-17-10-9-11-18(6-2)25(17)24-13-12-23(27-24)21-14-19(7-3)22(16-26)20(8-4)15-21/h9-16H,5-8H2,1-4H3. The first-order valence-electron chi connectivity index (χ1n) is 9.98. The van der Waals surface area contributed by atoms with E-state index in [9.17, 15) is 4.79 Å². The fraction of sp³-hybridized carbons (Fsp3) is 0.320. The third-order valence-corrected chi connectivity index (χ3v) is 6.52. The summed E-state index contributed by atoms with van der Waals surface area (Å²) in [4.78, 5) is 14.2. The average molecular weight is 377 g/mol. The Morgan fingerprint density at radius 2 is 1.26 bits per heavy atom. The number of thiophene rings is 1. The van der Waals surface area contributed by atoms with E-state index in [1.807, 2.05) is 11.3 Å². The van der Waals surface area contributed by atoms with E-state index >= 15 is 0 Å². The smallest absolute Gasteiger partial charge is 0.150 e. The monoisotopic (exact) mass is 376 g/mol. The van der Waals surface area contributed by atoms with Crippen LogP contribution in [0.5, 0.6) is 0 Å². The van der Waals surface area contributed by atoms with Crippen molar-refractivity contribution >= 4 is 17.6 Å². The van der Waals surface area contributed by atoms with Crippen LogP contribution in [0.15, 0.2) is 42.5 Å². The number of carbonyl (C=O) groups excluding carboxylic acids is 1. The molecule has 0 saturated heterocycles. The summed E-state index contributed by atoms with van der Waals surface area (Å²) in [6.07, 6.45) is 4.87. The highest BCUT2D eigenvalue weighted by molar-refractivity contribution is 7.18. The first-order chi connectivity index (χ1) is 13.2. The zero-order valence-electron chi connectivity index (χ0n) is 16.8. The number of benzene rings is 2. The van der Waals surface area contributed by atoms with Crippen molar-refractivity contribution in [2.24, 2.45) is 0 Å². The van der Waals surface area contributed by atoms with Gasteiger partial charge in [0.1, 0.15) is 0 Å². The Morgan fingerprint density at radius 1 is 0.741 bits per heavy atom. The summed E-state index contributed by atoms with van der Waals surface area (Å²) < 4.78 is 0. The molecule has 0 atom stereocenters. The summed E-state index contributed by atoms with van der Waals surface area (Å²) in [5, 5.41) is 0. The van der Waals surface area contributed by atoms with Crippen LogP contribution in [0.4, 0.5) is 0 Å². The second-order valence-electron chi connectivity index (χ2n) is 6.86. The molecule has 1 nitrogen and oxygen atoms in total. The third-order valence-electron chi connectivity index (χ3n) is 5.37. The molecule has 3 aromatic rings. The van der Waals surface area contributed by atoms with Crippen molar-refractivity contribution in [1.82, 2.24) is 0 Å². The minimum Gasteiger partial charge on any atom is -0.298 e. The highest BCUT2D eigenvalue weighted by atomic mass is 32.1. The van der Waals surface area contributed by atoms with E-state index in [2.05, 4.69) is 70.2 Å². The summed E-state index contributed by atoms with van der Waals surface area (Å²) in [7, 11) is 0. The van der Waals surface area contributed by atoms with Crippen LogP contribution in [0, 0.1) is 0 Å². The van der Waals surface area contributed by atoms with Gasteiger partial charge in [0.2, 0.25) is 0 Å². The molecule has 0 spiro atoms. The second kappa shape index (κ2) is 8.67. The predicted molar refractivity (Wildman–Crippen MR) is 118 cm³/mol. The van der Waals surface area contributed by atoms with E-state index in [0.29, 0.717) is 0 Å². The number of carbonyl (C=O) groups is 1. The molecule has 0 saturated carbocycles. The average Bonchev–Trinajstić information content (AvgIpc) is 3.21. The molecular weight excluding hydrogens is 348 g/mol. The van der Waals surface area contributed by atoms with Gasteiger partial charge in [-0.3, -0.25) is 4.79 Å². The van der Waals surface area contributed by atoms with Gasteiger partial charge in [-0.25, -0.2) is 0 Å².